The number of aromatic nitrogens is 2. The number of hydrogen-bond acceptors (Lipinski definition) is 4. The van der Waals surface area contributed by atoms with Crippen molar-refractivity contribution in [3.8, 4) is 0 Å². The van der Waals surface area contributed by atoms with Gasteiger partial charge in [0, 0.05) is 6.54 Å². The van der Waals surface area contributed by atoms with Gasteiger partial charge in [0.25, 0.3) is 0 Å². The minimum Gasteiger partial charge on any atom is -0.394 e. The summed E-state index contributed by atoms with van der Waals surface area (Å²) in [4.78, 5) is 7.82. The fourth-order valence-electron chi connectivity index (χ4n) is 1.48. The van der Waals surface area contributed by atoms with E-state index >= 15 is 0 Å². The van der Waals surface area contributed by atoms with Crippen LogP contribution >= 0.6 is 11.6 Å². The lowest BCUT2D eigenvalue weighted by Crippen LogP contribution is -2.09. The summed E-state index contributed by atoms with van der Waals surface area (Å²) in [7, 11) is 0. The fourth-order valence-corrected chi connectivity index (χ4v) is 1.61. The highest BCUT2D eigenvalue weighted by atomic mass is 35.5. The molecule has 3 N–H and O–H groups in total. The summed E-state index contributed by atoms with van der Waals surface area (Å²) in [6.07, 6.45) is 2.40. The van der Waals surface area contributed by atoms with E-state index in [1.807, 2.05) is 18.2 Å². The molecule has 0 unspecified atom stereocenters. The molecule has 0 fully saturated rings. The average Bonchev–Trinajstić information content (AvgIpc) is 2.35. The van der Waals surface area contributed by atoms with Crippen LogP contribution in [-0.2, 0) is 6.42 Å². The van der Waals surface area contributed by atoms with Gasteiger partial charge in [-0.05, 0) is 23.6 Å². The maximum Gasteiger partial charge on any atom is 0.224 e. The summed E-state index contributed by atoms with van der Waals surface area (Å²) in [5, 5.41) is 3.34. The van der Waals surface area contributed by atoms with E-state index in [0.29, 0.717) is 11.5 Å². The minimum absolute atomic E-state index is 0.196. The highest BCUT2D eigenvalue weighted by molar-refractivity contribution is 6.28. The number of anilines is 2. The zero-order valence-corrected chi connectivity index (χ0v) is 9.98. The van der Waals surface area contributed by atoms with Crippen LogP contribution in [0, 0.1) is 0 Å². The van der Waals surface area contributed by atoms with Crippen LogP contribution in [-0.4, -0.2) is 16.5 Å². The molecule has 17 heavy (non-hydrogen) atoms. The van der Waals surface area contributed by atoms with Crippen LogP contribution in [0.5, 0.6) is 0 Å². The minimum atomic E-state index is 0.196. The van der Waals surface area contributed by atoms with Crippen LogP contribution in [0.1, 0.15) is 5.56 Å². The summed E-state index contributed by atoms with van der Waals surface area (Å²) in [5.74, 6) is 0.584. The van der Waals surface area contributed by atoms with E-state index in [1.54, 1.807) is 0 Å². The quantitative estimate of drug-likeness (QED) is 0.816. The van der Waals surface area contributed by atoms with Crippen molar-refractivity contribution < 1.29 is 0 Å². The molecule has 2 aromatic rings. The van der Waals surface area contributed by atoms with Crippen LogP contribution in [0.25, 0.3) is 0 Å². The van der Waals surface area contributed by atoms with E-state index in [-0.39, 0.29) is 5.28 Å². The summed E-state index contributed by atoms with van der Waals surface area (Å²) in [6, 6.07) is 10.2. The van der Waals surface area contributed by atoms with Gasteiger partial charge in [-0.15, -0.1) is 0 Å². The second-order valence-corrected chi connectivity index (χ2v) is 3.94. The molecule has 0 aliphatic rings. The molecular weight excluding hydrogens is 236 g/mol. The van der Waals surface area contributed by atoms with Gasteiger partial charge in [0.05, 0.1) is 11.9 Å². The molecular formula is C12H13ClN4. The Balaban J connectivity index is 1.92. The van der Waals surface area contributed by atoms with Gasteiger partial charge in [0.2, 0.25) is 5.28 Å². The normalized spacial score (nSPS) is 10.2. The van der Waals surface area contributed by atoms with Gasteiger partial charge in [-0.2, -0.15) is 4.98 Å². The molecule has 0 spiro atoms. The molecule has 1 heterocycles. The van der Waals surface area contributed by atoms with E-state index in [4.69, 9.17) is 17.3 Å². The number of hydrogen-bond donors (Lipinski definition) is 2. The van der Waals surface area contributed by atoms with Crippen molar-refractivity contribution in [1.29, 1.82) is 0 Å². The SMILES string of the molecule is Nc1cnc(Cl)nc1NCCc1ccccc1. The topological polar surface area (TPSA) is 63.8 Å². The van der Waals surface area contributed by atoms with Gasteiger partial charge >= 0.3 is 0 Å². The first-order chi connectivity index (χ1) is 8.25. The highest BCUT2D eigenvalue weighted by Crippen LogP contribution is 2.15. The Kier molecular flexibility index (Phi) is 3.77. The van der Waals surface area contributed by atoms with E-state index in [1.165, 1.54) is 11.8 Å². The molecule has 0 saturated heterocycles. The Morgan fingerprint density at radius 3 is 2.76 bits per heavy atom. The second-order valence-electron chi connectivity index (χ2n) is 3.61. The predicted molar refractivity (Wildman–Crippen MR) is 70.1 cm³/mol. The third-order valence-electron chi connectivity index (χ3n) is 2.34. The number of halogens is 1. The summed E-state index contributed by atoms with van der Waals surface area (Å²) in [6.45, 7) is 0.752. The van der Waals surface area contributed by atoms with Crippen molar-refractivity contribution in [2.75, 3.05) is 17.6 Å². The molecule has 88 valence electrons. The first-order valence-electron chi connectivity index (χ1n) is 5.31. The standard InChI is InChI=1S/C12H13ClN4/c13-12-16-8-10(14)11(17-12)15-7-6-9-4-2-1-3-5-9/h1-5,8H,6-7,14H2,(H,15,16,17). The number of nitrogens with one attached hydrogen (secondary N) is 1. The first kappa shape index (κ1) is 11.7. The second kappa shape index (κ2) is 5.50. The average molecular weight is 249 g/mol. The monoisotopic (exact) mass is 248 g/mol. The highest BCUT2D eigenvalue weighted by Gasteiger charge is 2.02. The molecule has 5 heteroatoms. The van der Waals surface area contributed by atoms with Gasteiger partial charge < -0.3 is 11.1 Å². The number of nitrogens with two attached hydrogens (primary N) is 1. The van der Waals surface area contributed by atoms with Crippen molar-refractivity contribution in [1.82, 2.24) is 9.97 Å². The lowest BCUT2D eigenvalue weighted by Gasteiger charge is -2.07. The molecule has 0 amide bonds. The molecule has 2 rings (SSSR count). The largest absolute Gasteiger partial charge is 0.394 e. The molecule has 0 bridgehead atoms. The molecule has 1 aromatic carbocycles. The third-order valence-corrected chi connectivity index (χ3v) is 2.52. The summed E-state index contributed by atoms with van der Waals surface area (Å²) >= 11 is 5.69. The van der Waals surface area contributed by atoms with Gasteiger partial charge in [-0.3, -0.25) is 0 Å². The molecule has 0 radical (unpaired) electrons. The fraction of sp³-hybridized carbons (Fsp3) is 0.167. The maximum atomic E-state index is 5.72. The van der Waals surface area contributed by atoms with Gasteiger partial charge in [0.1, 0.15) is 0 Å². The lowest BCUT2D eigenvalue weighted by atomic mass is 10.1. The molecule has 0 saturated carbocycles. The van der Waals surface area contributed by atoms with E-state index in [0.717, 1.165) is 13.0 Å². The number of benzene rings is 1. The zero-order valence-electron chi connectivity index (χ0n) is 9.23. The van der Waals surface area contributed by atoms with Crippen molar-refractivity contribution in [2.45, 2.75) is 6.42 Å². The van der Waals surface area contributed by atoms with E-state index < -0.39 is 0 Å². The first-order valence-corrected chi connectivity index (χ1v) is 5.69. The summed E-state index contributed by atoms with van der Waals surface area (Å²) in [5.41, 5.74) is 7.49. The van der Waals surface area contributed by atoms with Crippen LogP contribution in [0.4, 0.5) is 11.5 Å². The Labute approximate surface area is 105 Å². The van der Waals surface area contributed by atoms with Gasteiger partial charge in [-0.1, -0.05) is 30.3 Å². The Bertz CT molecular complexity index is 487. The van der Waals surface area contributed by atoms with Crippen LogP contribution < -0.4 is 11.1 Å². The predicted octanol–water partition coefficient (Wildman–Crippen LogP) is 2.37. The van der Waals surface area contributed by atoms with Crippen molar-refractivity contribution in [2.24, 2.45) is 0 Å². The van der Waals surface area contributed by atoms with E-state index in [2.05, 4.69) is 27.4 Å². The zero-order chi connectivity index (χ0) is 12.1. The maximum absolute atomic E-state index is 5.72. The van der Waals surface area contributed by atoms with Crippen LogP contribution in [0.15, 0.2) is 36.5 Å². The molecule has 0 atom stereocenters. The van der Waals surface area contributed by atoms with Crippen molar-refractivity contribution >= 4 is 23.1 Å². The third kappa shape index (κ3) is 3.32. The number of nitrogens with zero attached hydrogens (tertiary/aromatic N) is 2. The van der Waals surface area contributed by atoms with Crippen molar-refractivity contribution in [3.63, 3.8) is 0 Å². The Morgan fingerprint density at radius 2 is 2.00 bits per heavy atom. The summed E-state index contributed by atoms with van der Waals surface area (Å²) < 4.78 is 0. The van der Waals surface area contributed by atoms with Gasteiger partial charge in [-0.25, -0.2) is 4.98 Å². The Hall–Kier alpha value is -1.81. The molecule has 0 aliphatic carbocycles. The van der Waals surface area contributed by atoms with Crippen LogP contribution in [0.2, 0.25) is 5.28 Å². The molecule has 4 nitrogen and oxygen atoms in total. The molecule has 0 aliphatic heterocycles. The van der Waals surface area contributed by atoms with Crippen molar-refractivity contribution in [3.05, 3.63) is 47.4 Å². The number of nitrogen functional groups attached to an aromatic ring is 1. The lowest BCUT2D eigenvalue weighted by molar-refractivity contribution is 1.00. The molecule has 1 aromatic heterocycles. The smallest absolute Gasteiger partial charge is 0.224 e. The number of rotatable bonds is 4. The van der Waals surface area contributed by atoms with Gasteiger partial charge in [0.15, 0.2) is 5.82 Å². The van der Waals surface area contributed by atoms with E-state index in [9.17, 15) is 0 Å². The Morgan fingerprint density at radius 1 is 1.24 bits per heavy atom. The van der Waals surface area contributed by atoms with Crippen LogP contribution in [0.3, 0.4) is 0 Å².